The smallest absolute Gasteiger partial charge is 0.196 e. The van der Waals surface area contributed by atoms with Crippen LogP contribution in [-0.4, -0.2) is 12.4 Å². The third-order valence-electron chi connectivity index (χ3n) is 3.10. The molecule has 2 aromatic rings. The van der Waals surface area contributed by atoms with E-state index in [0.717, 1.165) is 0 Å². The number of Topliss-reactive ketones (excluding diaryl/α,β-unsaturated/α-hetero) is 1. The fourth-order valence-corrected chi connectivity index (χ4v) is 2.42. The summed E-state index contributed by atoms with van der Waals surface area (Å²) in [6, 6.07) is 11.8. The summed E-state index contributed by atoms with van der Waals surface area (Å²) < 4.78 is 20.0. The predicted octanol–water partition coefficient (Wildman–Crippen LogP) is 4.25. The number of benzene rings is 2. The number of halogens is 2. The van der Waals surface area contributed by atoms with E-state index in [1.54, 1.807) is 36.4 Å². The molecule has 3 rings (SSSR count). The van der Waals surface area contributed by atoms with Gasteiger partial charge in [0, 0.05) is 15.6 Å². The Morgan fingerprint density at radius 2 is 2.00 bits per heavy atom. The Morgan fingerprint density at radius 3 is 2.80 bits per heavy atom. The highest BCUT2D eigenvalue weighted by Gasteiger charge is 2.22. The minimum absolute atomic E-state index is 0.117. The maximum absolute atomic E-state index is 13.8. The van der Waals surface area contributed by atoms with Crippen molar-refractivity contribution in [1.29, 1.82) is 0 Å². The Morgan fingerprint density at radius 1 is 1.20 bits per heavy atom. The fraction of sp³-hybridized carbons (Fsp3) is 0.0625. The average molecular weight is 333 g/mol. The number of para-hydroxylation sites is 1. The zero-order chi connectivity index (χ0) is 14.1. The van der Waals surface area contributed by atoms with Gasteiger partial charge < -0.3 is 4.74 Å². The van der Waals surface area contributed by atoms with Crippen LogP contribution in [0.5, 0.6) is 5.75 Å². The number of carbonyl (C=O) groups excluding carboxylic acids is 1. The highest BCUT2D eigenvalue weighted by molar-refractivity contribution is 9.10. The second kappa shape index (κ2) is 5.21. The molecule has 2 aromatic carbocycles. The third-order valence-corrected chi connectivity index (χ3v) is 3.59. The third kappa shape index (κ3) is 2.39. The number of hydrogen-bond donors (Lipinski definition) is 0. The van der Waals surface area contributed by atoms with Crippen molar-refractivity contribution >= 4 is 27.8 Å². The van der Waals surface area contributed by atoms with Crippen LogP contribution in [0.1, 0.15) is 15.9 Å². The van der Waals surface area contributed by atoms with E-state index in [1.165, 1.54) is 6.07 Å². The average Bonchev–Trinajstić information content (AvgIpc) is 2.45. The van der Waals surface area contributed by atoms with Crippen LogP contribution in [0.4, 0.5) is 4.39 Å². The maximum Gasteiger partial charge on any atom is 0.196 e. The van der Waals surface area contributed by atoms with E-state index in [1.807, 2.05) is 6.07 Å². The Bertz CT molecular complexity index is 722. The van der Waals surface area contributed by atoms with Gasteiger partial charge in [-0.05, 0) is 30.3 Å². The molecule has 0 aromatic heterocycles. The zero-order valence-electron chi connectivity index (χ0n) is 10.4. The first kappa shape index (κ1) is 13.1. The summed E-state index contributed by atoms with van der Waals surface area (Å²) in [6.07, 6.45) is 1.54. The first-order valence-corrected chi connectivity index (χ1v) is 6.86. The van der Waals surface area contributed by atoms with E-state index in [9.17, 15) is 9.18 Å². The highest BCUT2D eigenvalue weighted by atomic mass is 79.9. The first-order valence-electron chi connectivity index (χ1n) is 6.07. The second-order valence-corrected chi connectivity index (χ2v) is 5.37. The molecule has 1 aliphatic rings. The van der Waals surface area contributed by atoms with Gasteiger partial charge in [-0.3, -0.25) is 4.79 Å². The van der Waals surface area contributed by atoms with E-state index in [-0.39, 0.29) is 18.2 Å². The summed E-state index contributed by atoms with van der Waals surface area (Å²) in [7, 11) is 0. The van der Waals surface area contributed by atoms with Crippen molar-refractivity contribution in [2.75, 3.05) is 6.61 Å². The van der Waals surface area contributed by atoms with Gasteiger partial charge in [-0.15, -0.1) is 0 Å². The number of hydrogen-bond acceptors (Lipinski definition) is 2. The normalized spacial score (nSPS) is 15.9. The van der Waals surface area contributed by atoms with Crippen molar-refractivity contribution in [3.05, 3.63) is 69.5 Å². The molecule has 0 fully saturated rings. The topological polar surface area (TPSA) is 26.3 Å². The van der Waals surface area contributed by atoms with Crippen LogP contribution >= 0.6 is 15.9 Å². The van der Waals surface area contributed by atoms with Crippen LogP contribution in [-0.2, 0) is 0 Å². The van der Waals surface area contributed by atoms with Crippen LogP contribution in [0.25, 0.3) is 6.08 Å². The summed E-state index contributed by atoms with van der Waals surface area (Å²) in [5.41, 5.74) is 1.34. The lowest BCUT2D eigenvalue weighted by Gasteiger charge is -2.18. The van der Waals surface area contributed by atoms with Gasteiger partial charge in [0.15, 0.2) is 5.78 Å². The predicted molar refractivity (Wildman–Crippen MR) is 78.3 cm³/mol. The number of ketones is 1. The van der Waals surface area contributed by atoms with E-state index < -0.39 is 0 Å². The molecule has 0 atom stereocenters. The van der Waals surface area contributed by atoms with Crippen LogP contribution in [0.2, 0.25) is 0 Å². The quantitative estimate of drug-likeness (QED) is 0.730. The molecule has 2 nitrogen and oxygen atoms in total. The van der Waals surface area contributed by atoms with E-state index in [4.69, 9.17) is 4.74 Å². The fourth-order valence-electron chi connectivity index (χ4n) is 2.09. The molecular weight excluding hydrogens is 323 g/mol. The van der Waals surface area contributed by atoms with E-state index in [2.05, 4.69) is 15.9 Å². The lowest BCUT2D eigenvalue weighted by molar-refractivity contribution is 0.100. The van der Waals surface area contributed by atoms with Crippen molar-refractivity contribution in [2.24, 2.45) is 0 Å². The number of carbonyl (C=O) groups is 1. The summed E-state index contributed by atoms with van der Waals surface area (Å²) in [6.45, 7) is 0.158. The van der Waals surface area contributed by atoms with Gasteiger partial charge in [-0.1, -0.05) is 34.1 Å². The molecule has 0 N–H and O–H groups in total. The van der Waals surface area contributed by atoms with E-state index in [0.29, 0.717) is 26.9 Å². The van der Waals surface area contributed by atoms with Gasteiger partial charge in [0.1, 0.15) is 18.2 Å². The maximum atomic E-state index is 13.8. The minimum Gasteiger partial charge on any atom is -0.488 e. The summed E-state index contributed by atoms with van der Waals surface area (Å²) >= 11 is 3.20. The molecule has 0 amide bonds. The Labute approximate surface area is 124 Å². The number of fused-ring (bicyclic) bond motifs is 1. The zero-order valence-corrected chi connectivity index (χ0v) is 12.0. The standard InChI is InChI=1S/C16H10BrFO2/c17-12-6-5-10(14(18)8-12)7-11-9-20-15-4-2-1-3-13(15)16(11)19/h1-8H,9H2. The van der Waals surface area contributed by atoms with Crippen molar-refractivity contribution in [3.63, 3.8) is 0 Å². The minimum atomic E-state index is -0.376. The Kier molecular flexibility index (Phi) is 3.40. The van der Waals surface area contributed by atoms with Gasteiger partial charge in [-0.25, -0.2) is 4.39 Å². The van der Waals surface area contributed by atoms with Gasteiger partial charge in [0.2, 0.25) is 0 Å². The molecule has 0 spiro atoms. The van der Waals surface area contributed by atoms with Crippen molar-refractivity contribution in [2.45, 2.75) is 0 Å². The monoisotopic (exact) mass is 332 g/mol. The molecule has 100 valence electrons. The lowest BCUT2D eigenvalue weighted by atomic mass is 9.98. The summed E-state index contributed by atoms with van der Waals surface area (Å²) in [4.78, 5) is 12.3. The molecule has 0 bridgehead atoms. The van der Waals surface area contributed by atoms with Gasteiger partial charge in [0.05, 0.1) is 5.56 Å². The Balaban J connectivity index is 2.00. The first-order chi connectivity index (χ1) is 9.65. The van der Waals surface area contributed by atoms with Crippen molar-refractivity contribution in [3.8, 4) is 5.75 Å². The number of ether oxygens (including phenoxy) is 1. The lowest BCUT2D eigenvalue weighted by Crippen LogP contribution is -2.18. The van der Waals surface area contributed by atoms with Gasteiger partial charge in [-0.2, -0.15) is 0 Å². The van der Waals surface area contributed by atoms with Gasteiger partial charge in [0.25, 0.3) is 0 Å². The summed E-state index contributed by atoms with van der Waals surface area (Å²) in [5, 5.41) is 0. The molecule has 20 heavy (non-hydrogen) atoms. The highest BCUT2D eigenvalue weighted by Crippen LogP contribution is 2.28. The largest absolute Gasteiger partial charge is 0.488 e. The van der Waals surface area contributed by atoms with Crippen LogP contribution in [0.3, 0.4) is 0 Å². The molecule has 0 aliphatic carbocycles. The molecule has 0 saturated heterocycles. The second-order valence-electron chi connectivity index (χ2n) is 4.45. The molecule has 0 unspecified atom stereocenters. The SMILES string of the molecule is O=C1C(=Cc2ccc(Br)cc2F)COc2ccccc21. The van der Waals surface area contributed by atoms with Gasteiger partial charge >= 0.3 is 0 Å². The molecule has 4 heteroatoms. The summed E-state index contributed by atoms with van der Waals surface area (Å²) in [5.74, 6) is 0.0821. The molecule has 0 radical (unpaired) electrons. The number of rotatable bonds is 1. The molecular formula is C16H10BrFO2. The van der Waals surface area contributed by atoms with Crippen LogP contribution < -0.4 is 4.74 Å². The molecule has 0 saturated carbocycles. The van der Waals surface area contributed by atoms with Crippen molar-refractivity contribution < 1.29 is 13.9 Å². The van der Waals surface area contributed by atoms with E-state index >= 15 is 0 Å². The van der Waals surface area contributed by atoms with Crippen LogP contribution in [0, 0.1) is 5.82 Å². The molecule has 1 heterocycles. The van der Waals surface area contributed by atoms with Crippen LogP contribution in [0.15, 0.2) is 52.5 Å². The van der Waals surface area contributed by atoms with Crippen molar-refractivity contribution in [1.82, 2.24) is 0 Å². The molecule has 1 aliphatic heterocycles. The Hall–Kier alpha value is -1.94.